The normalized spacial score (nSPS) is 16.4. The van der Waals surface area contributed by atoms with Gasteiger partial charge in [0.2, 0.25) is 0 Å². The molecule has 0 aliphatic carbocycles. The van der Waals surface area contributed by atoms with Crippen LogP contribution < -0.4 is 10.2 Å². The predicted octanol–water partition coefficient (Wildman–Crippen LogP) is 1.37. The van der Waals surface area contributed by atoms with Gasteiger partial charge in [0.1, 0.15) is 11.9 Å². The van der Waals surface area contributed by atoms with E-state index in [9.17, 15) is 5.26 Å². The molecule has 1 aliphatic rings. The van der Waals surface area contributed by atoms with Crippen LogP contribution in [-0.2, 0) is 0 Å². The largest absolute Gasteiger partial charge is 0.354 e. The number of anilines is 1. The predicted molar refractivity (Wildman–Crippen MR) is 68.1 cm³/mol. The van der Waals surface area contributed by atoms with Crippen LogP contribution in [0.2, 0.25) is 0 Å². The third-order valence-corrected chi connectivity index (χ3v) is 3.08. The van der Waals surface area contributed by atoms with Crippen LogP contribution in [0.1, 0.15) is 23.2 Å². The first-order chi connectivity index (χ1) is 8.22. The fraction of sp³-hybridized carbons (Fsp3) is 0.538. The maximum atomic E-state index is 9.26. The van der Waals surface area contributed by atoms with Crippen molar-refractivity contribution in [2.75, 3.05) is 31.1 Å². The van der Waals surface area contributed by atoms with Crippen molar-refractivity contribution in [3.05, 3.63) is 22.9 Å². The van der Waals surface area contributed by atoms with Crippen LogP contribution in [-0.4, -0.2) is 31.2 Å². The van der Waals surface area contributed by atoms with Gasteiger partial charge in [0.15, 0.2) is 0 Å². The summed E-state index contributed by atoms with van der Waals surface area (Å²) in [5, 5.41) is 12.6. The third-order valence-electron chi connectivity index (χ3n) is 3.08. The van der Waals surface area contributed by atoms with Crippen LogP contribution in [0.4, 0.5) is 5.82 Å². The summed E-state index contributed by atoms with van der Waals surface area (Å²) in [5.74, 6) is 0.855. The van der Waals surface area contributed by atoms with E-state index in [0.29, 0.717) is 0 Å². The molecule has 0 unspecified atom stereocenters. The van der Waals surface area contributed by atoms with Crippen molar-refractivity contribution in [2.45, 2.75) is 20.3 Å². The van der Waals surface area contributed by atoms with Gasteiger partial charge < -0.3 is 10.2 Å². The summed E-state index contributed by atoms with van der Waals surface area (Å²) >= 11 is 0. The second-order valence-electron chi connectivity index (χ2n) is 4.48. The molecule has 2 rings (SSSR count). The topological polar surface area (TPSA) is 52.0 Å². The summed E-state index contributed by atoms with van der Waals surface area (Å²) in [4.78, 5) is 6.77. The monoisotopic (exact) mass is 230 g/mol. The average Bonchev–Trinajstić information content (AvgIpc) is 2.56. The lowest BCUT2D eigenvalue weighted by molar-refractivity contribution is 0.724. The van der Waals surface area contributed by atoms with Gasteiger partial charge in [-0.3, -0.25) is 0 Å². The first-order valence-corrected chi connectivity index (χ1v) is 6.06. The quantitative estimate of drug-likeness (QED) is 0.791. The molecule has 0 bridgehead atoms. The lowest BCUT2D eigenvalue weighted by Crippen LogP contribution is -2.29. The van der Waals surface area contributed by atoms with Gasteiger partial charge >= 0.3 is 0 Å². The van der Waals surface area contributed by atoms with E-state index in [1.54, 1.807) is 0 Å². The molecule has 0 radical (unpaired) electrons. The van der Waals surface area contributed by atoms with E-state index in [1.165, 1.54) is 0 Å². The minimum atomic E-state index is 0.720. The van der Waals surface area contributed by atoms with Crippen LogP contribution in [0, 0.1) is 25.2 Å². The van der Waals surface area contributed by atoms with Gasteiger partial charge in [0.25, 0.3) is 0 Å². The van der Waals surface area contributed by atoms with Crippen molar-refractivity contribution in [3.63, 3.8) is 0 Å². The highest BCUT2D eigenvalue weighted by atomic mass is 15.2. The highest BCUT2D eigenvalue weighted by molar-refractivity contribution is 5.58. The summed E-state index contributed by atoms with van der Waals surface area (Å²) < 4.78 is 0. The van der Waals surface area contributed by atoms with E-state index in [4.69, 9.17) is 0 Å². The highest BCUT2D eigenvalue weighted by Crippen LogP contribution is 2.22. The molecule has 1 fully saturated rings. The fourth-order valence-corrected chi connectivity index (χ4v) is 2.24. The molecule has 0 spiro atoms. The van der Waals surface area contributed by atoms with Gasteiger partial charge in [-0.2, -0.15) is 5.26 Å². The first-order valence-electron chi connectivity index (χ1n) is 6.06. The van der Waals surface area contributed by atoms with E-state index in [2.05, 4.69) is 21.3 Å². The van der Waals surface area contributed by atoms with Crippen LogP contribution in [0.15, 0.2) is 6.07 Å². The number of nitrogens with zero attached hydrogens (tertiary/aromatic N) is 3. The first kappa shape index (κ1) is 11.9. The molecule has 0 atom stereocenters. The Kier molecular flexibility index (Phi) is 3.60. The molecule has 4 heteroatoms. The second-order valence-corrected chi connectivity index (χ2v) is 4.48. The summed E-state index contributed by atoms with van der Waals surface area (Å²) in [7, 11) is 0. The van der Waals surface area contributed by atoms with E-state index in [0.717, 1.165) is 55.2 Å². The van der Waals surface area contributed by atoms with Crippen LogP contribution >= 0.6 is 0 Å². The van der Waals surface area contributed by atoms with E-state index >= 15 is 0 Å². The van der Waals surface area contributed by atoms with Crippen molar-refractivity contribution >= 4 is 5.82 Å². The zero-order valence-corrected chi connectivity index (χ0v) is 10.5. The number of aromatic nitrogens is 1. The molecule has 0 aromatic carbocycles. The van der Waals surface area contributed by atoms with Crippen LogP contribution in [0.5, 0.6) is 0 Å². The van der Waals surface area contributed by atoms with Crippen molar-refractivity contribution in [1.82, 2.24) is 10.3 Å². The number of nitriles is 1. The Bertz CT molecular complexity index is 439. The third kappa shape index (κ3) is 2.56. The molecule has 2 heterocycles. The van der Waals surface area contributed by atoms with Crippen molar-refractivity contribution in [1.29, 1.82) is 5.26 Å². The molecular formula is C13H18N4. The second kappa shape index (κ2) is 5.15. The van der Waals surface area contributed by atoms with Gasteiger partial charge in [-0.05, 0) is 38.4 Å². The molecule has 0 saturated carbocycles. The molecule has 1 aromatic rings. The van der Waals surface area contributed by atoms with Crippen molar-refractivity contribution < 1.29 is 0 Å². The number of hydrogen-bond donors (Lipinski definition) is 1. The summed E-state index contributed by atoms with van der Waals surface area (Å²) in [6.45, 7) is 7.85. The van der Waals surface area contributed by atoms with Crippen LogP contribution in [0.3, 0.4) is 0 Å². The molecule has 0 amide bonds. The SMILES string of the molecule is Cc1cc(C)c(C#N)c(N2CCCNCC2)n1. The molecule has 1 aliphatic heterocycles. The van der Waals surface area contributed by atoms with Gasteiger partial charge in [-0.25, -0.2) is 4.98 Å². The Balaban J connectivity index is 2.39. The number of hydrogen-bond acceptors (Lipinski definition) is 4. The number of rotatable bonds is 1. The minimum Gasteiger partial charge on any atom is -0.354 e. The summed E-state index contributed by atoms with van der Waals surface area (Å²) in [6.07, 6.45) is 1.10. The van der Waals surface area contributed by atoms with Crippen molar-refractivity contribution in [3.8, 4) is 6.07 Å². The van der Waals surface area contributed by atoms with Gasteiger partial charge in [-0.1, -0.05) is 0 Å². The van der Waals surface area contributed by atoms with E-state index in [-0.39, 0.29) is 0 Å². The standard InChI is InChI=1S/C13H18N4/c1-10-8-11(2)16-13(12(10)9-14)17-6-3-4-15-5-7-17/h8,15H,3-7H2,1-2H3. The maximum Gasteiger partial charge on any atom is 0.147 e. The summed E-state index contributed by atoms with van der Waals surface area (Å²) in [6, 6.07) is 4.25. The number of aryl methyl sites for hydroxylation is 2. The van der Waals surface area contributed by atoms with Gasteiger partial charge in [0.05, 0.1) is 5.56 Å². The highest BCUT2D eigenvalue weighted by Gasteiger charge is 2.16. The Morgan fingerprint density at radius 1 is 1.35 bits per heavy atom. The molecule has 1 N–H and O–H groups in total. The molecule has 17 heavy (non-hydrogen) atoms. The average molecular weight is 230 g/mol. The Morgan fingerprint density at radius 3 is 2.94 bits per heavy atom. The zero-order chi connectivity index (χ0) is 12.3. The van der Waals surface area contributed by atoms with Crippen LogP contribution in [0.25, 0.3) is 0 Å². The van der Waals surface area contributed by atoms with Gasteiger partial charge in [0, 0.05) is 25.3 Å². The molecule has 4 nitrogen and oxygen atoms in total. The molecular weight excluding hydrogens is 212 g/mol. The number of nitrogens with one attached hydrogen (secondary N) is 1. The Labute approximate surface area is 102 Å². The number of pyridine rings is 1. The smallest absolute Gasteiger partial charge is 0.147 e. The lowest BCUT2D eigenvalue weighted by atomic mass is 10.1. The Morgan fingerprint density at radius 2 is 2.18 bits per heavy atom. The van der Waals surface area contributed by atoms with Crippen molar-refractivity contribution in [2.24, 2.45) is 0 Å². The lowest BCUT2D eigenvalue weighted by Gasteiger charge is -2.23. The molecule has 1 saturated heterocycles. The molecule has 1 aromatic heterocycles. The maximum absolute atomic E-state index is 9.26. The van der Waals surface area contributed by atoms with E-state index in [1.807, 2.05) is 19.9 Å². The van der Waals surface area contributed by atoms with Gasteiger partial charge in [-0.15, -0.1) is 0 Å². The zero-order valence-electron chi connectivity index (χ0n) is 10.5. The van der Waals surface area contributed by atoms with E-state index < -0.39 is 0 Å². The molecule has 90 valence electrons. The fourth-order valence-electron chi connectivity index (χ4n) is 2.24. The minimum absolute atomic E-state index is 0.720. The Hall–Kier alpha value is -1.60. The summed E-state index contributed by atoms with van der Waals surface area (Å²) in [5.41, 5.74) is 2.72.